The van der Waals surface area contributed by atoms with E-state index in [0.717, 1.165) is 40.9 Å². The van der Waals surface area contributed by atoms with Crippen LogP contribution in [0.4, 0.5) is 0 Å². The fourth-order valence-corrected chi connectivity index (χ4v) is 4.32. The number of rotatable bonds is 5. The molecule has 134 valence electrons. The van der Waals surface area contributed by atoms with Crippen LogP contribution in [0.3, 0.4) is 0 Å². The summed E-state index contributed by atoms with van der Waals surface area (Å²) >= 11 is 0. The Morgan fingerprint density at radius 3 is 2.81 bits per heavy atom. The van der Waals surface area contributed by atoms with Gasteiger partial charge in [-0.05, 0) is 61.6 Å². The lowest BCUT2D eigenvalue weighted by Gasteiger charge is -2.19. The number of benzene rings is 2. The number of ether oxygens (including phenoxy) is 1. The average molecular weight is 348 g/mol. The lowest BCUT2D eigenvalue weighted by molar-refractivity contribution is -0.119. The van der Waals surface area contributed by atoms with Crippen molar-refractivity contribution in [1.82, 2.24) is 10.2 Å². The molecule has 0 bridgehead atoms. The molecule has 1 aliphatic rings. The van der Waals surface area contributed by atoms with Crippen molar-refractivity contribution < 1.29 is 9.53 Å². The molecule has 0 amide bonds. The first-order chi connectivity index (χ1) is 12.5. The van der Waals surface area contributed by atoms with Gasteiger partial charge in [0.2, 0.25) is 0 Å². The minimum absolute atomic E-state index is 0.192. The topological polar surface area (TPSA) is 55.0 Å². The SMILES string of the molecule is CCc1[nH]nc2cc(C3CC3(C(C)=O)c3cc(OC)ccc3C)ccc12. The number of aromatic nitrogens is 2. The summed E-state index contributed by atoms with van der Waals surface area (Å²) in [7, 11) is 1.66. The van der Waals surface area contributed by atoms with E-state index >= 15 is 0 Å². The molecule has 0 saturated heterocycles. The summed E-state index contributed by atoms with van der Waals surface area (Å²) in [5.74, 6) is 1.21. The number of H-pyrrole nitrogens is 1. The number of fused-ring (bicyclic) bond motifs is 1. The first-order valence-electron chi connectivity index (χ1n) is 9.14. The fraction of sp³-hybridized carbons (Fsp3) is 0.364. The van der Waals surface area contributed by atoms with Gasteiger partial charge in [-0.15, -0.1) is 0 Å². The Bertz CT molecular complexity index is 1000. The van der Waals surface area contributed by atoms with E-state index in [1.54, 1.807) is 14.0 Å². The zero-order chi connectivity index (χ0) is 18.5. The fourth-order valence-electron chi connectivity index (χ4n) is 4.32. The third-order valence-electron chi connectivity index (χ3n) is 5.93. The molecule has 1 heterocycles. The quantitative estimate of drug-likeness (QED) is 0.741. The van der Waals surface area contributed by atoms with E-state index in [0.29, 0.717) is 0 Å². The van der Waals surface area contributed by atoms with Gasteiger partial charge in [0.05, 0.1) is 18.0 Å². The molecule has 0 radical (unpaired) electrons. The summed E-state index contributed by atoms with van der Waals surface area (Å²) in [5.41, 5.74) is 5.10. The molecule has 2 unspecified atom stereocenters. The van der Waals surface area contributed by atoms with Crippen LogP contribution in [0.5, 0.6) is 5.75 Å². The van der Waals surface area contributed by atoms with Crippen molar-refractivity contribution in [2.24, 2.45) is 0 Å². The highest BCUT2D eigenvalue weighted by Gasteiger charge is 2.60. The third-order valence-corrected chi connectivity index (χ3v) is 5.93. The van der Waals surface area contributed by atoms with Gasteiger partial charge in [-0.3, -0.25) is 9.89 Å². The summed E-state index contributed by atoms with van der Waals surface area (Å²) < 4.78 is 5.40. The Hall–Kier alpha value is -2.62. The summed E-state index contributed by atoms with van der Waals surface area (Å²) in [4.78, 5) is 12.7. The summed E-state index contributed by atoms with van der Waals surface area (Å²) in [5, 5.41) is 8.73. The second-order valence-electron chi connectivity index (χ2n) is 7.30. The number of hydrogen-bond acceptors (Lipinski definition) is 3. The number of carbonyl (C=O) groups is 1. The molecule has 1 saturated carbocycles. The minimum atomic E-state index is -0.448. The third kappa shape index (κ3) is 2.36. The number of hydrogen-bond donors (Lipinski definition) is 1. The van der Waals surface area contributed by atoms with Crippen molar-refractivity contribution in [2.75, 3.05) is 7.11 Å². The molecule has 4 heteroatoms. The molecule has 3 aromatic rings. The molecule has 4 nitrogen and oxygen atoms in total. The summed E-state index contributed by atoms with van der Waals surface area (Å²) in [6, 6.07) is 12.4. The minimum Gasteiger partial charge on any atom is -0.497 e. The largest absolute Gasteiger partial charge is 0.497 e. The van der Waals surface area contributed by atoms with Gasteiger partial charge in [-0.2, -0.15) is 5.10 Å². The lowest BCUT2D eigenvalue weighted by Crippen LogP contribution is -2.21. The van der Waals surface area contributed by atoms with Gasteiger partial charge in [0.1, 0.15) is 11.5 Å². The first-order valence-corrected chi connectivity index (χ1v) is 9.14. The number of aryl methyl sites for hydroxylation is 2. The van der Waals surface area contributed by atoms with E-state index in [2.05, 4.69) is 42.2 Å². The van der Waals surface area contributed by atoms with Gasteiger partial charge in [0.15, 0.2) is 0 Å². The number of nitrogens with one attached hydrogen (secondary N) is 1. The average Bonchev–Trinajstić information content (AvgIpc) is 3.28. The van der Waals surface area contributed by atoms with Crippen LogP contribution in [0.25, 0.3) is 10.9 Å². The molecular weight excluding hydrogens is 324 g/mol. The van der Waals surface area contributed by atoms with Crippen molar-refractivity contribution in [2.45, 2.75) is 44.9 Å². The maximum Gasteiger partial charge on any atom is 0.140 e. The van der Waals surface area contributed by atoms with Crippen molar-refractivity contribution in [1.29, 1.82) is 0 Å². The Labute approximate surface area is 153 Å². The van der Waals surface area contributed by atoms with E-state index in [4.69, 9.17) is 4.74 Å². The Balaban J connectivity index is 1.78. The maximum absolute atomic E-state index is 12.7. The molecule has 0 aliphatic heterocycles. The van der Waals surface area contributed by atoms with Gasteiger partial charge in [0, 0.05) is 17.0 Å². The van der Waals surface area contributed by atoms with Gasteiger partial charge < -0.3 is 4.74 Å². The number of aromatic amines is 1. The van der Waals surface area contributed by atoms with Crippen molar-refractivity contribution in [3.05, 3.63) is 58.8 Å². The summed E-state index contributed by atoms with van der Waals surface area (Å²) in [6.07, 6.45) is 1.77. The highest BCUT2D eigenvalue weighted by Crippen LogP contribution is 2.62. The zero-order valence-electron chi connectivity index (χ0n) is 15.7. The van der Waals surface area contributed by atoms with Gasteiger partial charge >= 0.3 is 0 Å². The monoisotopic (exact) mass is 348 g/mol. The zero-order valence-corrected chi connectivity index (χ0v) is 15.7. The van der Waals surface area contributed by atoms with Crippen molar-refractivity contribution in [3.63, 3.8) is 0 Å². The maximum atomic E-state index is 12.7. The van der Waals surface area contributed by atoms with Crippen LogP contribution < -0.4 is 4.74 Å². The molecule has 2 aromatic carbocycles. The van der Waals surface area contributed by atoms with Gasteiger partial charge in [-0.25, -0.2) is 0 Å². The predicted molar refractivity (Wildman–Crippen MR) is 103 cm³/mol. The molecule has 1 aliphatic carbocycles. The summed E-state index contributed by atoms with van der Waals surface area (Å²) in [6.45, 7) is 5.90. The lowest BCUT2D eigenvalue weighted by atomic mass is 9.84. The van der Waals surface area contributed by atoms with Crippen molar-refractivity contribution >= 4 is 16.7 Å². The van der Waals surface area contributed by atoms with Crippen LogP contribution in [0.15, 0.2) is 36.4 Å². The van der Waals surface area contributed by atoms with Crippen LogP contribution >= 0.6 is 0 Å². The van der Waals surface area contributed by atoms with E-state index in [9.17, 15) is 4.79 Å². The van der Waals surface area contributed by atoms with E-state index in [1.807, 2.05) is 18.2 Å². The standard InChI is InChI=1S/C22H24N2O2/c1-5-20-17-9-7-15(10-21(17)24-23-20)19-12-22(19,14(3)25)18-11-16(26-4)8-6-13(18)2/h6-11,19H,5,12H2,1-4H3,(H,23,24). The van der Waals surface area contributed by atoms with Crippen molar-refractivity contribution in [3.8, 4) is 5.75 Å². The number of carbonyl (C=O) groups excluding carboxylic acids is 1. The molecule has 2 atom stereocenters. The van der Waals surface area contributed by atoms with E-state index in [1.165, 1.54) is 10.9 Å². The van der Waals surface area contributed by atoms with Crippen LogP contribution in [0.1, 0.15) is 48.6 Å². The molecule has 26 heavy (non-hydrogen) atoms. The number of Topliss-reactive ketones (excluding diaryl/α,β-unsaturated/α-hetero) is 1. The second-order valence-corrected chi connectivity index (χ2v) is 7.30. The molecular formula is C22H24N2O2. The number of methoxy groups -OCH3 is 1. The van der Waals surface area contributed by atoms with Crippen LogP contribution in [0.2, 0.25) is 0 Å². The molecule has 1 fully saturated rings. The molecule has 4 rings (SSSR count). The van der Waals surface area contributed by atoms with Crippen LogP contribution in [0, 0.1) is 6.92 Å². The number of nitrogens with zero attached hydrogens (tertiary/aromatic N) is 1. The van der Waals surface area contributed by atoms with Gasteiger partial charge in [0.25, 0.3) is 0 Å². The highest BCUT2D eigenvalue weighted by molar-refractivity contribution is 5.94. The molecule has 1 N–H and O–H groups in total. The second kappa shape index (κ2) is 5.97. The predicted octanol–water partition coefficient (Wildman–Crippen LogP) is 4.46. The number of ketones is 1. The normalized spacial score (nSPS) is 21.8. The highest BCUT2D eigenvalue weighted by atomic mass is 16.5. The molecule has 0 spiro atoms. The molecule has 1 aromatic heterocycles. The smallest absolute Gasteiger partial charge is 0.140 e. The van der Waals surface area contributed by atoms with Gasteiger partial charge in [-0.1, -0.05) is 25.1 Å². The van der Waals surface area contributed by atoms with Crippen LogP contribution in [-0.2, 0) is 16.6 Å². The Morgan fingerprint density at radius 2 is 2.12 bits per heavy atom. The Morgan fingerprint density at radius 1 is 1.31 bits per heavy atom. The van der Waals surface area contributed by atoms with Crippen LogP contribution in [-0.4, -0.2) is 23.1 Å². The Kier molecular flexibility index (Phi) is 3.87. The first kappa shape index (κ1) is 16.8. The van der Waals surface area contributed by atoms with E-state index in [-0.39, 0.29) is 11.7 Å². The van der Waals surface area contributed by atoms with E-state index < -0.39 is 5.41 Å².